The molecule has 1 N–H and O–H groups in total. The molecule has 0 saturated heterocycles. The molecule has 0 bridgehead atoms. The first-order valence-corrected chi connectivity index (χ1v) is 8.11. The standard InChI is InChI=1S/C17H18N2O2S/c1-10-7-13-14(8-11(10)2)19(17(21)12(3)18-13)9-15(20)16-5-4-6-22-16/h4-8,12,18H,9H2,1-3H3. The zero-order valence-electron chi connectivity index (χ0n) is 12.8. The number of carbonyl (C=O) groups is 2. The van der Waals surface area contributed by atoms with E-state index in [2.05, 4.69) is 5.32 Å². The molecule has 0 saturated carbocycles. The maximum Gasteiger partial charge on any atom is 0.249 e. The Hall–Kier alpha value is -2.14. The van der Waals surface area contributed by atoms with Gasteiger partial charge < -0.3 is 10.2 Å². The van der Waals surface area contributed by atoms with Crippen molar-refractivity contribution in [3.8, 4) is 0 Å². The van der Waals surface area contributed by atoms with Gasteiger partial charge in [0.1, 0.15) is 6.04 Å². The van der Waals surface area contributed by atoms with Gasteiger partial charge in [0.25, 0.3) is 0 Å². The normalized spacial score (nSPS) is 17.1. The monoisotopic (exact) mass is 314 g/mol. The van der Waals surface area contributed by atoms with Crippen LogP contribution in [0.3, 0.4) is 0 Å². The number of nitrogens with zero attached hydrogens (tertiary/aromatic N) is 1. The Balaban J connectivity index is 1.98. The van der Waals surface area contributed by atoms with Crippen molar-refractivity contribution in [3.05, 3.63) is 45.6 Å². The lowest BCUT2D eigenvalue weighted by Crippen LogP contribution is -2.47. The summed E-state index contributed by atoms with van der Waals surface area (Å²) < 4.78 is 0. The summed E-state index contributed by atoms with van der Waals surface area (Å²) in [6.07, 6.45) is 0. The molecule has 2 heterocycles. The molecule has 1 aliphatic heterocycles. The molecular formula is C17H18N2O2S. The smallest absolute Gasteiger partial charge is 0.249 e. The molecule has 1 unspecified atom stereocenters. The lowest BCUT2D eigenvalue weighted by molar-refractivity contribution is -0.119. The topological polar surface area (TPSA) is 49.4 Å². The van der Waals surface area contributed by atoms with E-state index in [-0.39, 0.29) is 24.3 Å². The molecule has 1 atom stereocenters. The maximum atomic E-state index is 12.5. The number of anilines is 2. The molecular weight excluding hydrogens is 296 g/mol. The number of aryl methyl sites for hydroxylation is 2. The number of thiophene rings is 1. The highest BCUT2D eigenvalue weighted by molar-refractivity contribution is 7.12. The third kappa shape index (κ3) is 2.52. The summed E-state index contributed by atoms with van der Waals surface area (Å²) >= 11 is 1.41. The fraction of sp³-hybridized carbons (Fsp3) is 0.294. The highest BCUT2D eigenvalue weighted by Crippen LogP contribution is 2.34. The van der Waals surface area contributed by atoms with E-state index < -0.39 is 0 Å². The van der Waals surface area contributed by atoms with Gasteiger partial charge >= 0.3 is 0 Å². The zero-order chi connectivity index (χ0) is 15.9. The minimum atomic E-state index is -0.328. The number of nitrogens with one attached hydrogen (secondary N) is 1. The van der Waals surface area contributed by atoms with Crippen LogP contribution in [0.25, 0.3) is 0 Å². The molecule has 4 nitrogen and oxygen atoms in total. The summed E-state index contributed by atoms with van der Waals surface area (Å²) in [5.41, 5.74) is 3.97. The van der Waals surface area contributed by atoms with Gasteiger partial charge in [0.05, 0.1) is 22.8 Å². The Morgan fingerprint density at radius 1 is 1.32 bits per heavy atom. The quantitative estimate of drug-likeness (QED) is 0.883. The van der Waals surface area contributed by atoms with Crippen LogP contribution in [0.1, 0.15) is 27.7 Å². The molecule has 1 aliphatic rings. The van der Waals surface area contributed by atoms with Gasteiger partial charge in [-0.3, -0.25) is 9.59 Å². The SMILES string of the molecule is Cc1cc2c(cc1C)N(CC(=O)c1cccs1)C(=O)C(C)N2. The molecule has 22 heavy (non-hydrogen) atoms. The number of amides is 1. The third-order valence-corrected chi connectivity index (χ3v) is 4.92. The number of carbonyl (C=O) groups excluding carboxylic acids is 2. The molecule has 1 aromatic carbocycles. The number of fused-ring (bicyclic) bond motifs is 1. The van der Waals surface area contributed by atoms with E-state index in [0.717, 1.165) is 22.5 Å². The first-order valence-electron chi connectivity index (χ1n) is 7.23. The zero-order valence-corrected chi connectivity index (χ0v) is 13.7. The van der Waals surface area contributed by atoms with Crippen LogP contribution in [0.2, 0.25) is 0 Å². The maximum absolute atomic E-state index is 12.5. The molecule has 1 amide bonds. The van der Waals surface area contributed by atoms with E-state index in [0.29, 0.717) is 4.88 Å². The van der Waals surface area contributed by atoms with Crippen molar-refractivity contribution in [1.29, 1.82) is 0 Å². The van der Waals surface area contributed by atoms with Crippen LogP contribution in [0.5, 0.6) is 0 Å². The Labute approximate surface area is 133 Å². The predicted molar refractivity (Wildman–Crippen MR) is 90.0 cm³/mol. The number of ketones is 1. The van der Waals surface area contributed by atoms with Crippen LogP contribution in [-0.4, -0.2) is 24.3 Å². The highest BCUT2D eigenvalue weighted by Gasteiger charge is 2.31. The minimum absolute atomic E-state index is 0.0263. The molecule has 2 aromatic rings. The molecule has 5 heteroatoms. The van der Waals surface area contributed by atoms with E-state index in [9.17, 15) is 9.59 Å². The Bertz CT molecular complexity index is 737. The van der Waals surface area contributed by atoms with Crippen molar-refractivity contribution in [2.75, 3.05) is 16.8 Å². The van der Waals surface area contributed by atoms with Gasteiger partial charge in [-0.05, 0) is 55.5 Å². The fourth-order valence-electron chi connectivity index (χ4n) is 2.61. The van der Waals surface area contributed by atoms with E-state index in [1.165, 1.54) is 11.3 Å². The molecule has 3 rings (SSSR count). The average molecular weight is 314 g/mol. The predicted octanol–water partition coefficient (Wildman–Crippen LogP) is 3.39. The first-order chi connectivity index (χ1) is 10.5. The fourth-order valence-corrected chi connectivity index (χ4v) is 3.27. The summed E-state index contributed by atoms with van der Waals surface area (Å²) in [6.45, 7) is 5.96. The van der Waals surface area contributed by atoms with Gasteiger partial charge in [-0.25, -0.2) is 0 Å². The Morgan fingerprint density at radius 3 is 2.73 bits per heavy atom. The van der Waals surface area contributed by atoms with Gasteiger partial charge in [0.2, 0.25) is 5.91 Å². The van der Waals surface area contributed by atoms with Gasteiger partial charge in [-0.15, -0.1) is 11.3 Å². The number of Topliss-reactive ketones (excluding diaryl/α,β-unsaturated/α-hetero) is 1. The van der Waals surface area contributed by atoms with Crippen LogP contribution in [0.4, 0.5) is 11.4 Å². The summed E-state index contributed by atoms with van der Waals surface area (Å²) in [5.74, 6) is -0.0951. The van der Waals surface area contributed by atoms with Crippen LogP contribution >= 0.6 is 11.3 Å². The molecule has 0 aliphatic carbocycles. The van der Waals surface area contributed by atoms with Crippen LogP contribution < -0.4 is 10.2 Å². The summed E-state index contributed by atoms with van der Waals surface area (Å²) in [4.78, 5) is 27.2. The Morgan fingerprint density at radius 2 is 2.05 bits per heavy atom. The molecule has 0 spiro atoms. The lowest BCUT2D eigenvalue weighted by atomic mass is 10.0. The third-order valence-electron chi connectivity index (χ3n) is 4.01. The summed E-state index contributed by atoms with van der Waals surface area (Å²) in [6, 6.07) is 7.33. The van der Waals surface area contributed by atoms with E-state index in [1.54, 1.807) is 11.0 Å². The lowest BCUT2D eigenvalue weighted by Gasteiger charge is -2.34. The van der Waals surface area contributed by atoms with Crippen molar-refractivity contribution in [2.24, 2.45) is 0 Å². The second kappa shape index (κ2) is 5.57. The highest BCUT2D eigenvalue weighted by atomic mass is 32.1. The number of hydrogen-bond acceptors (Lipinski definition) is 4. The van der Waals surface area contributed by atoms with E-state index >= 15 is 0 Å². The van der Waals surface area contributed by atoms with Crippen molar-refractivity contribution in [1.82, 2.24) is 0 Å². The van der Waals surface area contributed by atoms with Crippen molar-refractivity contribution >= 4 is 34.4 Å². The van der Waals surface area contributed by atoms with Crippen molar-refractivity contribution < 1.29 is 9.59 Å². The molecule has 1 aromatic heterocycles. The van der Waals surface area contributed by atoms with Crippen LogP contribution in [-0.2, 0) is 4.79 Å². The van der Waals surface area contributed by atoms with Gasteiger partial charge in [0.15, 0.2) is 5.78 Å². The average Bonchev–Trinajstić information content (AvgIpc) is 3.00. The van der Waals surface area contributed by atoms with Crippen LogP contribution in [0, 0.1) is 13.8 Å². The largest absolute Gasteiger partial charge is 0.372 e. The van der Waals surface area contributed by atoms with Crippen molar-refractivity contribution in [2.45, 2.75) is 26.8 Å². The van der Waals surface area contributed by atoms with Crippen LogP contribution in [0.15, 0.2) is 29.6 Å². The Kier molecular flexibility index (Phi) is 3.74. The molecule has 0 radical (unpaired) electrons. The second-order valence-electron chi connectivity index (χ2n) is 5.64. The molecule has 0 fully saturated rings. The van der Waals surface area contributed by atoms with Crippen molar-refractivity contribution in [3.63, 3.8) is 0 Å². The number of hydrogen-bond donors (Lipinski definition) is 1. The van der Waals surface area contributed by atoms with Gasteiger partial charge in [-0.1, -0.05) is 6.07 Å². The van der Waals surface area contributed by atoms with Gasteiger partial charge in [-0.2, -0.15) is 0 Å². The minimum Gasteiger partial charge on any atom is -0.372 e. The number of rotatable bonds is 3. The molecule has 114 valence electrons. The summed E-state index contributed by atoms with van der Waals surface area (Å²) in [7, 11) is 0. The van der Waals surface area contributed by atoms with E-state index in [4.69, 9.17) is 0 Å². The first kappa shape index (κ1) is 14.8. The second-order valence-corrected chi connectivity index (χ2v) is 6.59. The summed E-state index contributed by atoms with van der Waals surface area (Å²) in [5, 5.41) is 5.09. The van der Waals surface area contributed by atoms with E-state index in [1.807, 2.05) is 44.4 Å². The number of benzene rings is 1. The van der Waals surface area contributed by atoms with Gasteiger partial charge in [0, 0.05) is 0 Å².